The SMILES string of the molecule is CCc1ccc(CC)c(C(Cl)c2ccc(F)cc2)c1. The summed E-state index contributed by atoms with van der Waals surface area (Å²) in [5.41, 5.74) is 4.60. The molecule has 2 rings (SSSR count). The third-order valence-electron chi connectivity index (χ3n) is 3.44. The summed E-state index contributed by atoms with van der Waals surface area (Å²) in [7, 11) is 0. The van der Waals surface area contributed by atoms with Crippen LogP contribution in [0.4, 0.5) is 4.39 Å². The zero-order valence-electron chi connectivity index (χ0n) is 11.3. The van der Waals surface area contributed by atoms with Gasteiger partial charge in [-0.25, -0.2) is 4.39 Å². The summed E-state index contributed by atoms with van der Waals surface area (Å²) in [6, 6.07) is 12.9. The van der Waals surface area contributed by atoms with E-state index in [2.05, 4.69) is 32.0 Å². The van der Waals surface area contributed by atoms with E-state index in [-0.39, 0.29) is 11.2 Å². The second kappa shape index (κ2) is 6.21. The third-order valence-corrected chi connectivity index (χ3v) is 3.92. The van der Waals surface area contributed by atoms with Crippen LogP contribution in [0.5, 0.6) is 0 Å². The molecule has 19 heavy (non-hydrogen) atoms. The van der Waals surface area contributed by atoms with Crippen LogP contribution >= 0.6 is 11.6 Å². The Bertz CT molecular complexity index is 546. The Hall–Kier alpha value is -1.34. The summed E-state index contributed by atoms with van der Waals surface area (Å²) < 4.78 is 13.0. The molecule has 2 heteroatoms. The van der Waals surface area contributed by atoms with E-state index in [1.165, 1.54) is 23.3 Å². The summed E-state index contributed by atoms with van der Waals surface area (Å²) in [5.74, 6) is -0.231. The number of hydrogen-bond acceptors (Lipinski definition) is 0. The van der Waals surface area contributed by atoms with Crippen LogP contribution in [0.15, 0.2) is 42.5 Å². The van der Waals surface area contributed by atoms with Gasteiger partial charge in [-0.15, -0.1) is 11.6 Å². The van der Waals surface area contributed by atoms with E-state index in [1.54, 1.807) is 12.1 Å². The van der Waals surface area contributed by atoms with Crippen molar-refractivity contribution < 1.29 is 4.39 Å². The summed E-state index contributed by atoms with van der Waals surface area (Å²) in [4.78, 5) is 0. The molecule has 100 valence electrons. The normalized spacial score (nSPS) is 12.4. The van der Waals surface area contributed by atoms with E-state index < -0.39 is 0 Å². The molecule has 0 bridgehead atoms. The van der Waals surface area contributed by atoms with Crippen LogP contribution in [0, 0.1) is 5.82 Å². The minimum Gasteiger partial charge on any atom is -0.207 e. The summed E-state index contributed by atoms with van der Waals surface area (Å²) >= 11 is 6.57. The van der Waals surface area contributed by atoms with Crippen molar-refractivity contribution in [3.05, 3.63) is 70.5 Å². The molecule has 0 heterocycles. The molecule has 0 aromatic heterocycles. The molecule has 0 aliphatic carbocycles. The van der Waals surface area contributed by atoms with E-state index in [4.69, 9.17) is 11.6 Å². The first kappa shape index (κ1) is 14.1. The first-order valence-electron chi connectivity index (χ1n) is 6.67. The molecular weight excluding hydrogens is 259 g/mol. The van der Waals surface area contributed by atoms with E-state index in [9.17, 15) is 4.39 Å². The minimum absolute atomic E-state index is 0.220. The topological polar surface area (TPSA) is 0 Å². The minimum atomic E-state index is -0.231. The smallest absolute Gasteiger partial charge is 0.123 e. The van der Waals surface area contributed by atoms with Crippen LogP contribution in [0.2, 0.25) is 0 Å². The Balaban J connectivity index is 2.41. The van der Waals surface area contributed by atoms with E-state index in [0.717, 1.165) is 24.0 Å². The molecular formula is C17H18ClF. The maximum absolute atomic E-state index is 13.0. The Labute approximate surface area is 119 Å². The molecule has 0 nitrogen and oxygen atoms in total. The average molecular weight is 277 g/mol. The van der Waals surface area contributed by atoms with Crippen molar-refractivity contribution in [3.8, 4) is 0 Å². The number of alkyl halides is 1. The Morgan fingerprint density at radius 2 is 1.68 bits per heavy atom. The van der Waals surface area contributed by atoms with Crippen LogP contribution in [-0.2, 0) is 12.8 Å². The lowest BCUT2D eigenvalue weighted by atomic mass is 9.95. The zero-order chi connectivity index (χ0) is 13.8. The molecule has 0 fully saturated rings. The lowest BCUT2D eigenvalue weighted by Gasteiger charge is -2.16. The van der Waals surface area contributed by atoms with Crippen LogP contribution < -0.4 is 0 Å². The Morgan fingerprint density at radius 1 is 1.00 bits per heavy atom. The van der Waals surface area contributed by atoms with Crippen molar-refractivity contribution in [1.29, 1.82) is 0 Å². The van der Waals surface area contributed by atoms with Gasteiger partial charge in [0, 0.05) is 0 Å². The quantitative estimate of drug-likeness (QED) is 0.667. The fourth-order valence-electron chi connectivity index (χ4n) is 2.23. The van der Waals surface area contributed by atoms with Gasteiger partial charge in [-0.3, -0.25) is 0 Å². The van der Waals surface area contributed by atoms with E-state index in [1.807, 2.05) is 0 Å². The molecule has 0 spiro atoms. The molecule has 0 radical (unpaired) electrons. The van der Waals surface area contributed by atoms with Gasteiger partial charge in [0.25, 0.3) is 0 Å². The van der Waals surface area contributed by atoms with Gasteiger partial charge in [0.05, 0.1) is 5.38 Å². The molecule has 1 unspecified atom stereocenters. The predicted molar refractivity (Wildman–Crippen MR) is 79.3 cm³/mol. The summed E-state index contributed by atoms with van der Waals surface area (Å²) in [6.45, 7) is 4.25. The van der Waals surface area contributed by atoms with E-state index >= 15 is 0 Å². The van der Waals surface area contributed by atoms with Gasteiger partial charge in [0.1, 0.15) is 5.82 Å². The highest BCUT2D eigenvalue weighted by molar-refractivity contribution is 6.22. The van der Waals surface area contributed by atoms with Crippen molar-refractivity contribution in [2.45, 2.75) is 32.1 Å². The lowest BCUT2D eigenvalue weighted by molar-refractivity contribution is 0.627. The third kappa shape index (κ3) is 3.16. The Morgan fingerprint density at radius 3 is 2.26 bits per heavy atom. The lowest BCUT2D eigenvalue weighted by Crippen LogP contribution is -2.00. The van der Waals surface area contributed by atoms with Crippen molar-refractivity contribution in [1.82, 2.24) is 0 Å². The van der Waals surface area contributed by atoms with Crippen molar-refractivity contribution in [2.24, 2.45) is 0 Å². The number of hydrogen-bond donors (Lipinski definition) is 0. The standard InChI is InChI=1S/C17H18ClF/c1-3-12-5-6-13(4-2)16(11-12)17(18)14-7-9-15(19)10-8-14/h5-11,17H,3-4H2,1-2H3. The summed E-state index contributed by atoms with van der Waals surface area (Å²) in [6.07, 6.45) is 1.94. The molecule has 0 aliphatic heterocycles. The predicted octanol–water partition coefficient (Wildman–Crippen LogP) is 5.28. The number of benzene rings is 2. The highest BCUT2D eigenvalue weighted by atomic mass is 35.5. The van der Waals surface area contributed by atoms with Crippen LogP contribution in [0.25, 0.3) is 0 Å². The first-order valence-corrected chi connectivity index (χ1v) is 7.10. The zero-order valence-corrected chi connectivity index (χ0v) is 12.0. The van der Waals surface area contributed by atoms with Crippen LogP contribution in [0.3, 0.4) is 0 Å². The molecule has 0 N–H and O–H groups in total. The maximum atomic E-state index is 13.0. The largest absolute Gasteiger partial charge is 0.207 e. The maximum Gasteiger partial charge on any atom is 0.123 e. The molecule has 0 aliphatic rings. The van der Waals surface area contributed by atoms with Gasteiger partial charge in [-0.1, -0.05) is 44.2 Å². The van der Waals surface area contributed by atoms with Crippen molar-refractivity contribution in [3.63, 3.8) is 0 Å². The van der Waals surface area contributed by atoms with Gasteiger partial charge in [0.2, 0.25) is 0 Å². The number of aryl methyl sites for hydroxylation is 2. The van der Waals surface area contributed by atoms with Crippen LogP contribution in [0.1, 0.15) is 41.5 Å². The molecule has 2 aromatic carbocycles. The fourth-order valence-corrected chi connectivity index (χ4v) is 2.58. The number of rotatable bonds is 4. The summed E-state index contributed by atoms with van der Waals surface area (Å²) in [5, 5.41) is -0.220. The molecule has 0 amide bonds. The second-order valence-corrected chi connectivity index (χ2v) is 5.09. The molecule has 0 saturated carbocycles. The Kier molecular flexibility index (Phi) is 4.60. The van der Waals surface area contributed by atoms with Gasteiger partial charge in [-0.2, -0.15) is 0 Å². The number of halogens is 2. The second-order valence-electron chi connectivity index (χ2n) is 4.65. The van der Waals surface area contributed by atoms with Crippen molar-refractivity contribution in [2.75, 3.05) is 0 Å². The van der Waals surface area contributed by atoms with Crippen molar-refractivity contribution >= 4 is 11.6 Å². The van der Waals surface area contributed by atoms with Gasteiger partial charge < -0.3 is 0 Å². The highest BCUT2D eigenvalue weighted by Gasteiger charge is 2.14. The highest BCUT2D eigenvalue weighted by Crippen LogP contribution is 2.32. The molecule has 0 saturated heterocycles. The molecule has 2 aromatic rings. The molecule has 1 atom stereocenters. The van der Waals surface area contributed by atoms with Gasteiger partial charge in [-0.05, 0) is 47.2 Å². The van der Waals surface area contributed by atoms with Gasteiger partial charge in [0.15, 0.2) is 0 Å². The van der Waals surface area contributed by atoms with E-state index in [0.29, 0.717) is 0 Å². The van der Waals surface area contributed by atoms with Gasteiger partial charge >= 0.3 is 0 Å². The fraction of sp³-hybridized carbons (Fsp3) is 0.294. The first-order chi connectivity index (χ1) is 9.15. The average Bonchev–Trinajstić information content (AvgIpc) is 2.46. The monoisotopic (exact) mass is 276 g/mol. The van der Waals surface area contributed by atoms with Crippen LogP contribution in [-0.4, -0.2) is 0 Å².